The second-order valence-electron chi connectivity index (χ2n) is 4.87. The van der Waals surface area contributed by atoms with E-state index in [9.17, 15) is 4.79 Å². The van der Waals surface area contributed by atoms with Gasteiger partial charge < -0.3 is 15.6 Å². The second-order valence-corrected chi connectivity index (χ2v) is 5.78. The second kappa shape index (κ2) is 6.95. The number of nitrogens with two attached hydrogens (primary N) is 1. The minimum absolute atomic E-state index is 0.0384. The lowest BCUT2D eigenvalue weighted by Crippen LogP contribution is -2.41. The van der Waals surface area contributed by atoms with Gasteiger partial charge in [0.25, 0.3) is 5.91 Å². The Labute approximate surface area is 117 Å². The largest absolute Gasteiger partial charge is 0.347 e. The molecule has 102 valence electrons. The van der Waals surface area contributed by atoms with Crippen molar-refractivity contribution in [3.8, 4) is 0 Å². The summed E-state index contributed by atoms with van der Waals surface area (Å²) in [6.07, 6.45) is 2.81. The molecule has 1 heterocycles. The predicted octanol–water partition coefficient (Wildman–Crippen LogP) is 2.37. The lowest BCUT2D eigenvalue weighted by molar-refractivity contribution is 0.0924. The van der Waals surface area contributed by atoms with Crippen LogP contribution in [0, 0.1) is 5.92 Å². The van der Waals surface area contributed by atoms with Crippen molar-refractivity contribution in [2.75, 3.05) is 6.54 Å². The van der Waals surface area contributed by atoms with Gasteiger partial charge in [-0.15, -0.1) is 0 Å². The lowest BCUT2D eigenvalue weighted by atomic mass is 10.0. The van der Waals surface area contributed by atoms with E-state index in [4.69, 9.17) is 5.73 Å². The molecule has 1 unspecified atom stereocenters. The van der Waals surface area contributed by atoms with Gasteiger partial charge in [0.05, 0.1) is 0 Å². The van der Waals surface area contributed by atoms with Gasteiger partial charge in [0.15, 0.2) is 0 Å². The van der Waals surface area contributed by atoms with Crippen LogP contribution in [0.4, 0.5) is 0 Å². The highest BCUT2D eigenvalue weighted by Gasteiger charge is 2.17. The predicted molar refractivity (Wildman–Crippen MR) is 77.6 cm³/mol. The van der Waals surface area contributed by atoms with Crippen LogP contribution in [0.1, 0.15) is 37.7 Å². The Kier molecular flexibility index (Phi) is 5.88. The molecule has 4 nitrogen and oxygen atoms in total. The molecule has 18 heavy (non-hydrogen) atoms. The molecule has 0 saturated carbocycles. The molecule has 0 radical (unpaired) electrons. The fourth-order valence-corrected chi connectivity index (χ4v) is 2.43. The Hall–Kier alpha value is -0.810. The average molecular weight is 316 g/mol. The van der Waals surface area contributed by atoms with E-state index in [0.717, 1.165) is 17.4 Å². The van der Waals surface area contributed by atoms with Crippen molar-refractivity contribution >= 4 is 21.8 Å². The number of rotatable bonds is 6. The molecular weight excluding hydrogens is 294 g/mol. The molecular formula is C13H22BrN3O. The Morgan fingerprint density at radius 3 is 2.72 bits per heavy atom. The van der Waals surface area contributed by atoms with Gasteiger partial charge in [0, 0.05) is 29.8 Å². The number of nitrogens with zero attached hydrogens (tertiary/aromatic N) is 1. The van der Waals surface area contributed by atoms with E-state index >= 15 is 0 Å². The summed E-state index contributed by atoms with van der Waals surface area (Å²) in [4.78, 5) is 12.2. The van der Waals surface area contributed by atoms with Gasteiger partial charge in [0.1, 0.15) is 5.69 Å². The van der Waals surface area contributed by atoms with Crippen LogP contribution in [0.25, 0.3) is 0 Å². The fraction of sp³-hybridized carbons (Fsp3) is 0.615. The maximum absolute atomic E-state index is 12.2. The summed E-state index contributed by atoms with van der Waals surface area (Å²) in [6, 6.07) is 1.87. The van der Waals surface area contributed by atoms with Crippen LogP contribution >= 0.6 is 15.9 Å². The van der Waals surface area contributed by atoms with Crippen LogP contribution in [0.15, 0.2) is 16.7 Å². The molecule has 0 aliphatic rings. The van der Waals surface area contributed by atoms with E-state index in [2.05, 4.69) is 35.1 Å². The van der Waals surface area contributed by atoms with Crippen LogP contribution in [0.3, 0.4) is 0 Å². The number of nitrogens with one attached hydrogen (secondary N) is 1. The van der Waals surface area contributed by atoms with Crippen molar-refractivity contribution < 1.29 is 4.79 Å². The topological polar surface area (TPSA) is 60.0 Å². The van der Waals surface area contributed by atoms with Gasteiger partial charge >= 0.3 is 0 Å². The Morgan fingerprint density at radius 2 is 2.22 bits per heavy atom. The maximum Gasteiger partial charge on any atom is 0.268 e. The van der Waals surface area contributed by atoms with Crippen LogP contribution < -0.4 is 11.1 Å². The first-order chi connectivity index (χ1) is 8.47. The Balaban J connectivity index is 2.74. The zero-order valence-electron chi connectivity index (χ0n) is 11.2. The first-order valence-corrected chi connectivity index (χ1v) is 7.13. The van der Waals surface area contributed by atoms with Crippen LogP contribution in [-0.2, 0) is 6.54 Å². The molecule has 1 atom stereocenters. The van der Waals surface area contributed by atoms with Crippen LogP contribution in [0.2, 0.25) is 0 Å². The maximum atomic E-state index is 12.2. The number of halogens is 1. The van der Waals surface area contributed by atoms with E-state index in [-0.39, 0.29) is 11.9 Å². The third-order valence-corrected chi connectivity index (χ3v) is 3.25. The SMILES string of the molecule is CCn1cc(Br)cc1C(=O)NC(CN)CC(C)C. The fourth-order valence-electron chi connectivity index (χ4n) is 1.97. The minimum atomic E-state index is -0.0568. The van der Waals surface area contributed by atoms with Gasteiger partial charge in [-0.05, 0) is 41.3 Å². The van der Waals surface area contributed by atoms with Gasteiger partial charge in [-0.3, -0.25) is 4.79 Å². The van der Waals surface area contributed by atoms with Crippen molar-refractivity contribution in [3.05, 3.63) is 22.4 Å². The quantitative estimate of drug-likeness (QED) is 0.846. The van der Waals surface area contributed by atoms with Crippen molar-refractivity contribution in [1.82, 2.24) is 9.88 Å². The number of aryl methyl sites for hydroxylation is 1. The van der Waals surface area contributed by atoms with Crippen LogP contribution in [-0.4, -0.2) is 23.1 Å². The molecule has 5 heteroatoms. The van der Waals surface area contributed by atoms with Crippen molar-refractivity contribution in [2.45, 2.75) is 39.8 Å². The highest BCUT2D eigenvalue weighted by molar-refractivity contribution is 9.10. The number of carbonyl (C=O) groups excluding carboxylic acids is 1. The normalized spacial score (nSPS) is 12.8. The molecule has 1 amide bonds. The first-order valence-electron chi connectivity index (χ1n) is 6.34. The monoisotopic (exact) mass is 315 g/mol. The molecule has 0 aliphatic carbocycles. The summed E-state index contributed by atoms with van der Waals surface area (Å²) in [6.45, 7) is 7.50. The van der Waals surface area contributed by atoms with E-state index in [0.29, 0.717) is 18.2 Å². The van der Waals surface area contributed by atoms with Gasteiger partial charge in [-0.1, -0.05) is 13.8 Å². The Bertz CT molecular complexity index is 401. The highest BCUT2D eigenvalue weighted by Crippen LogP contribution is 2.15. The molecule has 1 aromatic rings. The summed E-state index contributed by atoms with van der Waals surface area (Å²) in [7, 11) is 0. The van der Waals surface area contributed by atoms with Gasteiger partial charge in [0.2, 0.25) is 0 Å². The number of hydrogen-bond donors (Lipinski definition) is 2. The average Bonchev–Trinajstić information content (AvgIpc) is 2.69. The molecule has 1 aromatic heterocycles. The molecule has 0 bridgehead atoms. The third kappa shape index (κ3) is 4.14. The zero-order chi connectivity index (χ0) is 13.7. The number of aromatic nitrogens is 1. The van der Waals surface area contributed by atoms with E-state index in [1.54, 1.807) is 0 Å². The van der Waals surface area contributed by atoms with Crippen molar-refractivity contribution in [1.29, 1.82) is 0 Å². The number of carbonyl (C=O) groups is 1. The molecule has 0 fully saturated rings. The van der Waals surface area contributed by atoms with E-state index < -0.39 is 0 Å². The third-order valence-electron chi connectivity index (χ3n) is 2.81. The zero-order valence-corrected chi connectivity index (χ0v) is 12.8. The highest BCUT2D eigenvalue weighted by atomic mass is 79.9. The standard InChI is InChI=1S/C13H22BrN3O/c1-4-17-8-10(14)6-12(17)13(18)16-11(7-15)5-9(2)3/h6,8-9,11H,4-5,7,15H2,1-3H3,(H,16,18). The molecule has 0 spiro atoms. The lowest BCUT2D eigenvalue weighted by Gasteiger charge is -2.19. The first kappa shape index (κ1) is 15.2. The van der Waals surface area contributed by atoms with E-state index in [1.807, 2.05) is 23.8 Å². The van der Waals surface area contributed by atoms with Gasteiger partial charge in [-0.2, -0.15) is 0 Å². The molecule has 3 N–H and O–H groups in total. The Morgan fingerprint density at radius 1 is 1.56 bits per heavy atom. The van der Waals surface area contributed by atoms with Gasteiger partial charge in [-0.25, -0.2) is 0 Å². The molecule has 1 rings (SSSR count). The summed E-state index contributed by atoms with van der Waals surface area (Å²) < 4.78 is 2.84. The number of amides is 1. The summed E-state index contributed by atoms with van der Waals surface area (Å²) in [5, 5.41) is 3.00. The molecule has 0 aromatic carbocycles. The van der Waals surface area contributed by atoms with Crippen molar-refractivity contribution in [3.63, 3.8) is 0 Å². The molecule has 0 saturated heterocycles. The summed E-state index contributed by atoms with van der Waals surface area (Å²) in [5.41, 5.74) is 6.37. The van der Waals surface area contributed by atoms with Crippen LogP contribution in [0.5, 0.6) is 0 Å². The summed E-state index contributed by atoms with van der Waals surface area (Å²) in [5.74, 6) is 0.460. The molecule has 0 aliphatic heterocycles. The summed E-state index contributed by atoms with van der Waals surface area (Å²) >= 11 is 3.39. The van der Waals surface area contributed by atoms with E-state index in [1.165, 1.54) is 0 Å². The number of hydrogen-bond acceptors (Lipinski definition) is 2. The minimum Gasteiger partial charge on any atom is -0.347 e. The van der Waals surface area contributed by atoms with Crippen molar-refractivity contribution in [2.24, 2.45) is 11.7 Å². The smallest absolute Gasteiger partial charge is 0.268 e.